The van der Waals surface area contributed by atoms with Gasteiger partial charge in [0, 0.05) is 22.8 Å². The van der Waals surface area contributed by atoms with E-state index in [-0.39, 0.29) is 17.7 Å². The molecule has 3 rings (SSSR count). The zero-order valence-corrected chi connectivity index (χ0v) is 18.3. The second kappa shape index (κ2) is 10.3. The van der Waals surface area contributed by atoms with E-state index in [9.17, 15) is 9.59 Å². The summed E-state index contributed by atoms with van der Waals surface area (Å²) in [6.45, 7) is 3.22. The molecule has 1 aromatic carbocycles. The van der Waals surface area contributed by atoms with Crippen molar-refractivity contribution in [3.05, 3.63) is 57.3 Å². The van der Waals surface area contributed by atoms with Crippen molar-refractivity contribution in [3.63, 3.8) is 0 Å². The second-order valence-electron chi connectivity index (χ2n) is 7.53. The summed E-state index contributed by atoms with van der Waals surface area (Å²) >= 11 is 12.3. The molecule has 2 aromatic rings. The SMILES string of the molecule is CCCCCCCCOC(=O)C1CCn2c1cc(Cl)c2C(=O)c1ccc(Cl)cc1. The van der Waals surface area contributed by atoms with Gasteiger partial charge in [-0.3, -0.25) is 9.59 Å². The third-order valence-electron chi connectivity index (χ3n) is 5.43. The average molecular weight is 436 g/mol. The molecule has 0 bridgehead atoms. The van der Waals surface area contributed by atoms with Crippen molar-refractivity contribution in [2.45, 2.75) is 64.3 Å². The number of ether oxygens (including phenoxy) is 1. The summed E-state index contributed by atoms with van der Waals surface area (Å²) in [6, 6.07) is 8.45. The van der Waals surface area contributed by atoms with Crippen LogP contribution in [0, 0.1) is 0 Å². The number of carbonyl (C=O) groups excluding carboxylic acids is 2. The highest BCUT2D eigenvalue weighted by Crippen LogP contribution is 2.36. The summed E-state index contributed by atoms with van der Waals surface area (Å²) in [4.78, 5) is 25.5. The van der Waals surface area contributed by atoms with Gasteiger partial charge in [0.1, 0.15) is 5.69 Å². The normalized spacial score (nSPS) is 15.3. The van der Waals surface area contributed by atoms with Crippen molar-refractivity contribution in [2.24, 2.45) is 0 Å². The molecule has 1 unspecified atom stereocenters. The van der Waals surface area contributed by atoms with E-state index in [1.54, 1.807) is 30.3 Å². The molecule has 1 aliphatic rings. The van der Waals surface area contributed by atoms with Crippen molar-refractivity contribution >= 4 is 35.0 Å². The van der Waals surface area contributed by atoms with E-state index in [0.29, 0.717) is 40.9 Å². The molecule has 0 fully saturated rings. The fourth-order valence-corrected chi connectivity index (χ4v) is 4.26. The van der Waals surface area contributed by atoms with E-state index >= 15 is 0 Å². The highest BCUT2D eigenvalue weighted by molar-refractivity contribution is 6.35. The molecule has 0 N–H and O–H groups in total. The number of unbranched alkanes of at least 4 members (excludes halogenated alkanes) is 5. The summed E-state index contributed by atoms with van der Waals surface area (Å²) in [5.41, 5.74) is 1.71. The number of esters is 1. The van der Waals surface area contributed by atoms with Crippen LogP contribution in [0.1, 0.15) is 79.5 Å². The molecule has 0 saturated carbocycles. The number of benzene rings is 1. The molecule has 0 radical (unpaired) electrons. The van der Waals surface area contributed by atoms with Crippen LogP contribution >= 0.6 is 23.2 Å². The first kappa shape index (κ1) is 21.9. The smallest absolute Gasteiger partial charge is 0.315 e. The predicted molar refractivity (Wildman–Crippen MR) is 116 cm³/mol. The first-order valence-corrected chi connectivity index (χ1v) is 11.1. The summed E-state index contributed by atoms with van der Waals surface area (Å²) in [5, 5.41) is 0.939. The lowest BCUT2D eigenvalue weighted by atomic mass is 10.1. The minimum Gasteiger partial charge on any atom is -0.465 e. The molecule has 1 atom stereocenters. The van der Waals surface area contributed by atoms with Gasteiger partial charge in [-0.2, -0.15) is 0 Å². The highest BCUT2D eigenvalue weighted by Gasteiger charge is 2.35. The molecule has 156 valence electrons. The van der Waals surface area contributed by atoms with Crippen LogP contribution in [0.15, 0.2) is 30.3 Å². The van der Waals surface area contributed by atoms with Crippen molar-refractivity contribution in [2.75, 3.05) is 6.61 Å². The van der Waals surface area contributed by atoms with Crippen LogP contribution in [0.5, 0.6) is 0 Å². The van der Waals surface area contributed by atoms with E-state index in [0.717, 1.165) is 18.5 Å². The topological polar surface area (TPSA) is 48.3 Å². The van der Waals surface area contributed by atoms with Gasteiger partial charge in [-0.1, -0.05) is 62.2 Å². The molecule has 29 heavy (non-hydrogen) atoms. The maximum absolute atomic E-state index is 12.9. The number of aromatic nitrogens is 1. The first-order valence-electron chi connectivity index (χ1n) is 10.4. The first-order chi connectivity index (χ1) is 14.0. The lowest BCUT2D eigenvalue weighted by molar-refractivity contribution is -0.145. The van der Waals surface area contributed by atoms with Crippen LogP contribution in [0.25, 0.3) is 0 Å². The molecule has 4 nitrogen and oxygen atoms in total. The highest BCUT2D eigenvalue weighted by atomic mass is 35.5. The quantitative estimate of drug-likeness (QED) is 0.245. The van der Waals surface area contributed by atoms with E-state index < -0.39 is 0 Å². The minimum absolute atomic E-state index is 0.168. The molecule has 2 heterocycles. The summed E-state index contributed by atoms with van der Waals surface area (Å²) in [6.07, 6.45) is 7.51. The van der Waals surface area contributed by atoms with Crippen LogP contribution < -0.4 is 0 Å². The number of hydrogen-bond donors (Lipinski definition) is 0. The van der Waals surface area contributed by atoms with Crippen molar-refractivity contribution in [3.8, 4) is 0 Å². The van der Waals surface area contributed by atoms with Crippen molar-refractivity contribution in [1.29, 1.82) is 0 Å². The Morgan fingerprint density at radius 3 is 2.48 bits per heavy atom. The Morgan fingerprint density at radius 2 is 1.76 bits per heavy atom. The van der Waals surface area contributed by atoms with Crippen LogP contribution in [-0.4, -0.2) is 22.9 Å². The van der Waals surface area contributed by atoms with Gasteiger partial charge >= 0.3 is 5.97 Å². The van der Waals surface area contributed by atoms with Crippen LogP contribution in [0.2, 0.25) is 10.0 Å². The number of nitrogens with zero attached hydrogens (tertiary/aromatic N) is 1. The van der Waals surface area contributed by atoms with E-state index in [2.05, 4.69) is 6.92 Å². The molecule has 6 heteroatoms. The maximum atomic E-state index is 12.9. The van der Waals surface area contributed by atoms with E-state index in [1.165, 1.54) is 25.7 Å². The monoisotopic (exact) mass is 435 g/mol. The number of ketones is 1. The Kier molecular flexibility index (Phi) is 7.79. The molecular weight excluding hydrogens is 409 g/mol. The Bertz CT molecular complexity index is 858. The minimum atomic E-state index is -0.362. The van der Waals surface area contributed by atoms with Gasteiger partial charge in [0.05, 0.1) is 17.5 Å². The number of hydrogen-bond acceptors (Lipinski definition) is 3. The Balaban J connectivity index is 1.61. The predicted octanol–water partition coefficient (Wildman–Crippen LogP) is 6.42. The average Bonchev–Trinajstić information content (AvgIpc) is 3.25. The molecular formula is C23H27Cl2NO3. The molecule has 0 spiro atoms. The molecule has 1 aromatic heterocycles. The van der Waals surface area contributed by atoms with E-state index in [4.69, 9.17) is 27.9 Å². The van der Waals surface area contributed by atoms with Crippen LogP contribution in [0.3, 0.4) is 0 Å². The number of fused-ring (bicyclic) bond motifs is 1. The van der Waals surface area contributed by atoms with Gasteiger partial charge in [0.2, 0.25) is 5.78 Å². The van der Waals surface area contributed by atoms with Gasteiger partial charge in [-0.05, 0) is 43.2 Å². The largest absolute Gasteiger partial charge is 0.465 e. The van der Waals surface area contributed by atoms with Crippen LogP contribution in [-0.2, 0) is 16.1 Å². The lowest BCUT2D eigenvalue weighted by Gasteiger charge is -2.10. The lowest BCUT2D eigenvalue weighted by Crippen LogP contribution is -2.14. The van der Waals surface area contributed by atoms with Crippen molar-refractivity contribution in [1.82, 2.24) is 4.57 Å². The zero-order valence-electron chi connectivity index (χ0n) is 16.8. The number of carbonyl (C=O) groups is 2. The van der Waals surface area contributed by atoms with Gasteiger partial charge in [-0.25, -0.2) is 0 Å². The third kappa shape index (κ3) is 5.23. The Labute approximate surface area is 182 Å². The third-order valence-corrected chi connectivity index (χ3v) is 5.97. The van der Waals surface area contributed by atoms with Gasteiger partial charge < -0.3 is 9.30 Å². The van der Waals surface area contributed by atoms with Gasteiger partial charge in [-0.15, -0.1) is 0 Å². The summed E-state index contributed by atoms with van der Waals surface area (Å²) in [7, 11) is 0. The molecule has 1 aliphatic heterocycles. The second-order valence-corrected chi connectivity index (χ2v) is 8.37. The Hall–Kier alpha value is -1.78. The summed E-state index contributed by atoms with van der Waals surface area (Å²) in [5.74, 6) is -0.754. The molecule has 0 saturated heterocycles. The number of halogens is 2. The molecule has 0 aliphatic carbocycles. The van der Waals surface area contributed by atoms with Crippen molar-refractivity contribution < 1.29 is 14.3 Å². The Morgan fingerprint density at radius 1 is 1.07 bits per heavy atom. The fourth-order valence-electron chi connectivity index (χ4n) is 3.83. The van der Waals surface area contributed by atoms with Gasteiger partial charge in [0.25, 0.3) is 0 Å². The maximum Gasteiger partial charge on any atom is 0.315 e. The standard InChI is InChI=1S/C23H27Cl2NO3/c1-2-3-4-5-6-7-14-29-23(28)18-12-13-26-20(18)15-19(25)21(26)22(27)16-8-10-17(24)11-9-16/h8-11,15,18H,2-7,12-14H2,1H3. The van der Waals surface area contributed by atoms with Gasteiger partial charge in [0.15, 0.2) is 0 Å². The zero-order chi connectivity index (χ0) is 20.8. The number of rotatable bonds is 10. The van der Waals surface area contributed by atoms with Crippen LogP contribution in [0.4, 0.5) is 0 Å². The summed E-state index contributed by atoms with van der Waals surface area (Å²) < 4.78 is 7.36. The molecule has 0 amide bonds. The fraction of sp³-hybridized carbons (Fsp3) is 0.478. The van der Waals surface area contributed by atoms with E-state index in [1.807, 2.05) is 4.57 Å².